The second-order valence-corrected chi connectivity index (χ2v) is 7.35. The van der Waals surface area contributed by atoms with E-state index in [2.05, 4.69) is 10.4 Å². The van der Waals surface area contributed by atoms with E-state index in [1.165, 1.54) is 0 Å². The molecular formula is C16H17Cl2N3O. The molecule has 3 rings (SSSR count). The summed E-state index contributed by atoms with van der Waals surface area (Å²) in [6, 6.07) is 9.87. The summed E-state index contributed by atoms with van der Waals surface area (Å²) in [5, 5.41) is 7.15. The van der Waals surface area contributed by atoms with Crippen LogP contribution < -0.4 is 5.32 Å². The fraction of sp³-hybridized carbons (Fsp3) is 0.375. The largest absolute Gasteiger partial charge is 0.351 e. The van der Waals surface area contributed by atoms with E-state index in [0.717, 1.165) is 11.1 Å². The molecule has 1 atom stereocenters. The summed E-state index contributed by atoms with van der Waals surface area (Å²) >= 11 is 12.1. The van der Waals surface area contributed by atoms with Crippen LogP contribution >= 0.6 is 23.2 Å². The first-order chi connectivity index (χ1) is 10.4. The maximum Gasteiger partial charge on any atom is 0.229 e. The molecule has 1 aliphatic rings. The minimum Gasteiger partial charge on any atom is -0.351 e. The quantitative estimate of drug-likeness (QED) is 0.852. The molecule has 0 spiro atoms. The average Bonchev–Trinajstić information content (AvgIpc) is 2.83. The fourth-order valence-corrected chi connectivity index (χ4v) is 3.18. The van der Waals surface area contributed by atoms with Crippen LogP contribution in [0, 0.1) is 5.41 Å². The molecule has 6 heteroatoms. The van der Waals surface area contributed by atoms with Crippen LogP contribution in [0.3, 0.4) is 0 Å². The normalized spacial score (nSPS) is 22.3. The Bertz CT molecular complexity index is 684. The summed E-state index contributed by atoms with van der Waals surface area (Å²) in [7, 11) is 0. The first-order valence-corrected chi connectivity index (χ1v) is 7.88. The van der Waals surface area contributed by atoms with E-state index in [9.17, 15) is 4.79 Å². The highest BCUT2D eigenvalue weighted by Gasteiger charge is 2.67. The van der Waals surface area contributed by atoms with Crippen molar-refractivity contribution in [2.45, 2.75) is 30.8 Å². The number of alkyl halides is 2. The highest BCUT2D eigenvalue weighted by molar-refractivity contribution is 6.53. The minimum absolute atomic E-state index is 0.105. The van der Waals surface area contributed by atoms with E-state index in [1.54, 1.807) is 13.1 Å². The zero-order chi connectivity index (χ0) is 15.8. The van der Waals surface area contributed by atoms with Crippen molar-refractivity contribution in [1.82, 2.24) is 15.1 Å². The monoisotopic (exact) mass is 337 g/mol. The number of benzene rings is 1. The smallest absolute Gasteiger partial charge is 0.229 e. The SMILES string of the molecule is C[C@]1(C(=O)NCc2ccccc2Cn2cccn2)CC1(Cl)Cl. The number of hydrogen-bond donors (Lipinski definition) is 1. The van der Waals surface area contributed by atoms with Gasteiger partial charge in [0.2, 0.25) is 5.91 Å². The zero-order valence-electron chi connectivity index (χ0n) is 12.2. The van der Waals surface area contributed by atoms with Gasteiger partial charge in [-0.1, -0.05) is 24.3 Å². The Morgan fingerprint density at radius 1 is 1.32 bits per heavy atom. The van der Waals surface area contributed by atoms with Gasteiger partial charge in [-0.2, -0.15) is 5.10 Å². The summed E-state index contributed by atoms with van der Waals surface area (Å²) in [6.07, 6.45) is 4.15. The predicted molar refractivity (Wildman–Crippen MR) is 86.8 cm³/mol. The molecule has 1 saturated carbocycles. The van der Waals surface area contributed by atoms with Crippen molar-refractivity contribution in [2.24, 2.45) is 5.41 Å². The maximum atomic E-state index is 12.2. The molecule has 1 aliphatic carbocycles. The van der Waals surface area contributed by atoms with E-state index in [1.807, 2.05) is 41.2 Å². The molecule has 1 heterocycles. The van der Waals surface area contributed by atoms with Gasteiger partial charge in [0.25, 0.3) is 0 Å². The molecule has 116 valence electrons. The third-order valence-electron chi connectivity index (χ3n) is 4.21. The fourth-order valence-electron chi connectivity index (χ4n) is 2.47. The number of carbonyl (C=O) groups is 1. The predicted octanol–water partition coefficient (Wildman–Crippen LogP) is 3.13. The van der Waals surface area contributed by atoms with Gasteiger partial charge in [-0.05, 0) is 30.5 Å². The molecule has 0 unspecified atom stereocenters. The topological polar surface area (TPSA) is 46.9 Å². The molecule has 2 aromatic rings. The molecule has 4 nitrogen and oxygen atoms in total. The minimum atomic E-state index is -0.939. The lowest BCUT2D eigenvalue weighted by Crippen LogP contribution is -2.33. The van der Waals surface area contributed by atoms with E-state index in [4.69, 9.17) is 23.2 Å². The number of amides is 1. The van der Waals surface area contributed by atoms with Crippen LogP contribution in [0.4, 0.5) is 0 Å². The van der Waals surface area contributed by atoms with Crippen molar-refractivity contribution in [2.75, 3.05) is 0 Å². The van der Waals surface area contributed by atoms with E-state index >= 15 is 0 Å². The Kier molecular flexibility index (Phi) is 3.91. The standard InChI is InChI=1S/C16H17Cl2N3O/c1-15(11-16(15,17)18)14(22)19-9-12-5-2-3-6-13(12)10-21-8-4-7-20-21/h2-8H,9-11H2,1H3,(H,19,22)/t15-/m1/s1. The van der Waals surface area contributed by atoms with Crippen LogP contribution in [0.15, 0.2) is 42.7 Å². The van der Waals surface area contributed by atoms with Gasteiger partial charge in [-0.25, -0.2) is 0 Å². The molecular weight excluding hydrogens is 321 g/mol. The molecule has 1 fully saturated rings. The van der Waals surface area contributed by atoms with Crippen LogP contribution in [0.5, 0.6) is 0 Å². The highest BCUT2D eigenvalue weighted by Crippen LogP contribution is 2.63. The van der Waals surface area contributed by atoms with Gasteiger partial charge in [-0.15, -0.1) is 23.2 Å². The van der Waals surface area contributed by atoms with Crippen LogP contribution in [0.25, 0.3) is 0 Å². The van der Waals surface area contributed by atoms with Crippen LogP contribution in [0.2, 0.25) is 0 Å². The zero-order valence-corrected chi connectivity index (χ0v) is 13.7. The van der Waals surface area contributed by atoms with Gasteiger partial charge in [0.05, 0.1) is 12.0 Å². The Morgan fingerprint density at radius 3 is 2.59 bits per heavy atom. The number of rotatable bonds is 5. The first-order valence-electron chi connectivity index (χ1n) is 7.13. The van der Waals surface area contributed by atoms with Crippen molar-refractivity contribution in [3.63, 3.8) is 0 Å². The second-order valence-electron chi connectivity index (χ2n) is 5.87. The van der Waals surface area contributed by atoms with Gasteiger partial charge < -0.3 is 5.32 Å². The number of nitrogens with zero attached hydrogens (tertiary/aromatic N) is 2. The van der Waals surface area contributed by atoms with Gasteiger partial charge >= 0.3 is 0 Å². The lowest BCUT2D eigenvalue weighted by atomic mass is 10.1. The summed E-state index contributed by atoms with van der Waals surface area (Å²) in [5.41, 5.74) is 1.49. The number of hydrogen-bond acceptors (Lipinski definition) is 2. The number of aromatic nitrogens is 2. The number of nitrogens with one attached hydrogen (secondary N) is 1. The molecule has 0 bridgehead atoms. The van der Waals surface area contributed by atoms with Crippen molar-refractivity contribution in [3.05, 3.63) is 53.9 Å². The van der Waals surface area contributed by atoms with E-state index in [-0.39, 0.29) is 5.91 Å². The third-order valence-corrected chi connectivity index (χ3v) is 5.31. The lowest BCUT2D eigenvalue weighted by molar-refractivity contribution is -0.125. The summed E-state index contributed by atoms with van der Waals surface area (Å²) in [5.74, 6) is -0.105. The van der Waals surface area contributed by atoms with Crippen LogP contribution in [-0.4, -0.2) is 20.0 Å². The van der Waals surface area contributed by atoms with Crippen LogP contribution in [-0.2, 0) is 17.9 Å². The van der Waals surface area contributed by atoms with Crippen LogP contribution in [0.1, 0.15) is 24.5 Å². The summed E-state index contributed by atoms with van der Waals surface area (Å²) in [4.78, 5) is 12.2. The van der Waals surface area contributed by atoms with E-state index < -0.39 is 9.75 Å². The van der Waals surface area contributed by atoms with Crippen molar-refractivity contribution < 1.29 is 4.79 Å². The van der Waals surface area contributed by atoms with E-state index in [0.29, 0.717) is 19.5 Å². The van der Waals surface area contributed by atoms with Gasteiger partial charge in [0.15, 0.2) is 0 Å². The Labute approximate surface area is 139 Å². The molecule has 1 aromatic carbocycles. The molecule has 1 aromatic heterocycles. The van der Waals surface area contributed by atoms with Gasteiger partial charge in [-0.3, -0.25) is 9.48 Å². The number of carbonyl (C=O) groups excluding carboxylic acids is 1. The number of halogens is 2. The Morgan fingerprint density at radius 2 is 2.00 bits per heavy atom. The molecule has 1 N–H and O–H groups in total. The van der Waals surface area contributed by atoms with Crippen molar-refractivity contribution in [1.29, 1.82) is 0 Å². The second kappa shape index (κ2) is 5.60. The molecule has 0 aliphatic heterocycles. The molecule has 22 heavy (non-hydrogen) atoms. The average molecular weight is 338 g/mol. The van der Waals surface area contributed by atoms with Gasteiger partial charge in [0, 0.05) is 18.9 Å². The van der Waals surface area contributed by atoms with Gasteiger partial charge in [0.1, 0.15) is 4.33 Å². The molecule has 0 radical (unpaired) electrons. The lowest BCUT2D eigenvalue weighted by Gasteiger charge is -2.14. The van der Waals surface area contributed by atoms with Crippen molar-refractivity contribution >= 4 is 29.1 Å². The Balaban J connectivity index is 1.67. The summed E-state index contributed by atoms with van der Waals surface area (Å²) in [6.45, 7) is 2.92. The molecule has 1 amide bonds. The maximum absolute atomic E-state index is 12.2. The third kappa shape index (κ3) is 2.85. The summed E-state index contributed by atoms with van der Waals surface area (Å²) < 4.78 is 0.914. The first kappa shape index (κ1) is 15.4. The highest BCUT2D eigenvalue weighted by atomic mass is 35.5. The Hall–Kier alpha value is -1.52. The van der Waals surface area contributed by atoms with Crippen molar-refractivity contribution in [3.8, 4) is 0 Å². The molecule has 0 saturated heterocycles.